The van der Waals surface area contributed by atoms with Crippen LogP contribution in [0.1, 0.15) is 57.3 Å². The first-order valence-electron chi connectivity index (χ1n) is 10.7. The van der Waals surface area contributed by atoms with Crippen molar-refractivity contribution in [3.8, 4) is 12.3 Å². The molecule has 1 aromatic rings. The number of nitrogens with zero attached hydrogens (tertiary/aromatic N) is 2. The normalized spacial score (nSPS) is 14.2. The number of terminal acetylenes is 1. The quantitative estimate of drug-likeness (QED) is 0.334. The topological polar surface area (TPSA) is 103 Å². The highest BCUT2D eigenvalue weighted by molar-refractivity contribution is 7.93. The molecule has 0 saturated heterocycles. The van der Waals surface area contributed by atoms with Gasteiger partial charge in [0.2, 0.25) is 10.0 Å². The summed E-state index contributed by atoms with van der Waals surface area (Å²) in [4.78, 5) is 17.2. The SMILES string of the molecule is C#CC(C)(C)NCCCNC(=O)c1cc(NCC2CC2)nc(N(C)S(=O)(=O)C(C)C)c1. The van der Waals surface area contributed by atoms with Gasteiger partial charge in [-0.15, -0.1) is 6.42 Å². The zero-order valence-electron chi connectivity index (χ0n) is 19.2. The Kier molecular flexibility index (Phi) is 8.32. The molecule has 1 saturated carbocycles. The minimum atomic E-state index is -3.56. The maximum atomic E-state index is 12.7. The molecule has 31 heavy (non-hydrogen) atoms. The lowest BCUT2D eigenvalue weighted by atomic mass is 10.1. The average molecular weight is 450 g/mol. The van der Waals surface area contributed by atoms with E-state index in [-0.39, 0.29) is 11.7 Å². The molecule has 1 amide bonds. The summed E-state index contributed by atoms with van der Waals surface area (Å²) in [6.07, 6.45) is 8.51. The van der Waals surface area contributed by atoms with Gasteiger partial charge in [-0.05, 0) is 71.6 Å². The van der Waals surface area contributed by atoms with Gasteiger partial charge in [-0.1, -0.05) is 5.92 Å². The van der Waals surface area contributed by atoms with Gasteiger partial charge in [-0.2, -0.15) is 0 Å². The van der Waals surface area contributed by atoms with Crippen LogP contribution in [0.4, 0.5) is 11.6 Å². The Morgan fingerprint density at radius 1 is 1.32 bits per heavy atom. The number of sulfonamides is 1. The predicted molar refractivity (Wildman–Crippen MR) is 126 cm³/mol. The summed E-state index contributed by atoms with van der Waals surface area (Å²) in [5, 5.41) is 8.75. The zero-order valence-corrected chi connectivity index (χ0v) is 20.0. The largest absolute Gasteiger partial charge is 0.370 e. The number of aromatic nitrogens is 1. The van der Waals surface area contributed by atoms with Gasteiger partial charge in [-0.3, -0.25) is 9.10 Å². The van der Waals surface area contributed by atoms with Gasteiger partial charge in [0, 0.05) is 25.7 Å². The lowest BCUT2D eigenvalue weighted by Crippen LogP contribution is -2.39. The molecule has 0 unspecified atom stereocenters. The third kappa shape index (κ3) is 7.40. The van der Waals surface area contributed by atoms with E-state index in [4.69, 9.17) is 6.42 Å². The number of rotatable bonds is 12. The van der Waals surface area contributed by atoms with Crippen molar-refractivity contribution in [2.75, 3.05) is 36.3 Å². The van der Waals surface area contributed by atoms with Crippen LogP contribution in [0.3, 0.4) is 0 Å². The highest BCUT2D eigenvalue weighted by Crippen LogP contribution is 2.29. The molecule has 1 fully saturated rings. The van der Waals surface area contributed by atoms with Crippen LogP contribution in [-0.4, -0.2) is 56.8 Å². The zero-order chi connectivity index (χ0) is 23.2. The van der Waals surface area contributed by atoms with Crippen LogP contribution in [-0.2, 0) is 10.0 Å². The minimum Gasteiger partial charge on any atom is -0.370 e. The van der Waals surface area contributed by atoms with Crippen LogP contribution >= 0.6 is 0 Å². The molecule has 1 aromatic heterocycles. The van der Waals surface area contributed by atoms with E-state index in [1.807, 2.05) is 13.8 Å². The van der Waals surface area contributed by atoms with E-state index in [1.54, 1.807) is 19.9 Å². The fourth-order valence-electron chi connectivity index (χ4n) is 2.76. The summed E-state index contributed by atoms with van der Waals surface area (Å²) < 4.78 is 26.3. The van der Waals surface area contributed by atoms with Crippen molar-refractivity contribution in [2.24, 2.45) is 5.92 Å². The molecule has 1 aliphatic rings. The summed E-state index contributed by atoms with van der Waals surface area (Å²) in [7, 11) is -2.10. The fraction of sp³-hybridized carbons (Fsp3) is 0.636. The lowest BCUT2D eigenvalue weighted by Gasteiger charge is -2.22. The van der Waals surface area contributed by atoms with Crippen molar-refractivity contribution in [3.63, 3.8) is 0 Å². The second-order valence-corrected chi connectivity index (χ2v) is 11.3. The molecular formula is C22H35N5O3S. The Labute approximate surface area is 186 Å². The number of carbonyl (C=O) groups excluding carboxylic acids is 1. The third-order valence-corrected chi connectivity index (χ3v) is 7.35. The van der Waals surface area contributed by atoms with Gasteiger partial charge < -0.3 is 16.0 Å². The van der Waals surface area contributed by atoms with Crippen LogP contribution < -0.4 is 20.3 Å². The van der Waals surface area contributed by atoms with Crippen molar-refractivity contribution < 1.29 is 13.2 Å². The molecule has 9 heteroatoms. The van der Waals surface area contributed by atoms with Crippen molar-refractivity contribution >= 4 is 27.6 Å². The van der Waals surface area contributed by atoms with Gasteiger partial charge >= 0.3 is 0 Å². The summed E-state index contributed by atoms with van der Waals surface area (Å²) >= 11 is 0. The molecule has 1 heterocycles. The summed E-state index contributed by atoms with van der Waals surface area (Å²) in [5.41, 5.74) is -0.0236. The van der Waals surface area contributed by atoms with Gasteiger partial charge in [0.15, 0.2) is 0 Å². The first-order chi connectivity index (χ1) is 14.5. The maximum absolute atomic E-state index is 12.7. The lowest BCUT2D eigenvalue weighted by molar-refractivity contribution is 0.0953. The fourth-order valence-corrected chi connectivity index (χ4v) is 3.75. The van der Waals surface area contributed by atoms with Gasteiger partial charge in [0.25, 0.3) is 5.91 Å². The van der Waals surface area contributed by atoms with Crippen molar-refractivity contribution in [1.29, 1.82) is 0 Å². The van der Waals surface area contributed by atoms with Crippen LogP contribution in [0.2, 0.25) is 0 Å². The highest BCUT2D eigenvalue weighted by atomic mass is 32.2. The highest BCUT2D eigenvalue weighted by Gasteiger charge is 2.26. The van der Waals surface area contributed by atoms with Crippen molar-refractivity contribution in [2.45, 2.75) is 57.7 Å². The number of pyridine rings is 1. The van der Waals surface area contributed by atoms with E-state index < -0.39 is 20.8 Å². The molecule has 0 aliphatic heterocycles. The smallest absolute Gasteiger partial charge is 0.251 e. The number of hydrogen-bond donors (Lipinski definition) is 3. The molecule has 0 atom stereocenters. The molecule has 0 radical (unpaired) electrons. The maximum Gasteiger partial charge on any atom is 0.251 e. The molecular weight excluding hydrogens is 414 g/mol. The Hall–Kier alpha value is -2.31. The van der Waals surface area contributed by atoms with Gasteiger partial charge in [0.05, 0.1) is 10.8 Å². The molecule has 1 aliphatic carbocycles. The van der Waals surface area contributed by atoms with E-state index in [0.717, 1.165) is 10.8 Å². The third-order valence-electron chi connectivity index (χ3n) is 5.21. The van der Waals surface area contributed by atoms with Crippen LogP contribution in [0.25, 0.3) is 0 Å². The van der Waals surface area contributed by atoms with Gasteiger partial charge in [0.1, 0.15) is 11.6 Å². The number of hydrogen-bond acceptors (Lipinski definition) is 6. The summed E-state index contributed by atoms with van der Waals surface area (Å²) in [5.74, 6) is 3.72. The van der Waals surface area contributed by atoms with Crippen molar-refractivity contribution in [1.82, 2.24) is 15.6 Å². The van der Waals surface area contributed by atoms with Gasteiger partial charge in [-0.25, -0.2) is 13.4 Å². The van der Waals surface area contributed by atoms with Crippen LogP contribution in [0.5, 0.6) is 0 Å². The molecule has 172 valence electrons. The minimum absolute atomic E-state index is 0.220. The molecule has 0 aromatic carbocycles. The van der Waals surface area contributed by atoms with Crippen LogP contribution in [0, 0.1) is 18.3 Å². The standard InChI is InChI=1S/C22H35N5O3S/c1-7-22(4,5)25-12-8-11-23-21(28)18-13-19(24-15-17-9-10-17)26-20(14-18)27(6)31(29,30)16(2)3/h1,13-14,16-17,25H,8-12,15H2,2-6H3,(H,23,28)(H,24,26). The first-order valence-corrected chi connectivity index (χ1v) is 12.2. The number of carbonyl (C=O) groups is 1. The Morgan fingerprint density at radius 2 is 2.00 bits per heavy atom. The van der Waals surface area contributed by atoms with Crippen LogP contribution in [0.15, 0.2) is 12.1 Å². The van der Waals surface area contributed by atoms with E-state index in [2.05, 4.69) is 26.9 Å². The Balaban J connectivity index is 2.10. The number of amides is 1. The molecule has 0 bridgehead atoms. The second-order valence-electron chi connectivity index (χ2n) is 8.79. The molecule has 8 nitrogen and oxygen atoms in total. The molecule has 0 spiro atoms. The Morgan fingerprint density at radius 3 is 2.58 bits per heavy atom. The average Bonchev–Trinajstić information content (AvgIpc) is 3.55. The number of nitrogens with one attached hydrogen (secondary N) is 3. The van der Waals surface area contributed by atoms with E-state index in [1.165, 1.54) is 26.0 Å². The second kappa shape index (κ2) is 10.3. The monoisotopic (exact) mass is 449 g/mol. The first kappa shape index (κ1) is 25.0. The Bertz CT molecular complexity index is 918. The van der Waals surface area contributed by atoms with E-state index in [9.17, 15) is 13.2 Å². The molecule has 2 rings (SSSR count). The predicted octanol–water partition coefficient (Wildman–Crippen LogP) is 2.20. The molecule has 3 N–H and O–H groups in total. The van der Waals surface area contributed by atoms with E-state index in [0.29, 0.717) is 36.8 Å². The number of anilines is 2. The summed E-state index contributed by atoms with van der Waals surface area (Å²) in [6.45, 7) is 8.96. The summed E-state index contributed by atoms with van der Waals surface area (Å²) in [6, 6.07) is 3.17. The van der Waals surface area contributed by atoms with Crippen molar-refractivity contribution in [3.05, 3.63) is 17.7 Å². The van der Waals surface area contributed by atoms with E-state index >= 15 is 0 Å².